The summed E-state index contributed by atoms with van der Waals surface area (Å²) < 4.78 is 5.05. The molecule has 7 nitrogen and oxygen atoms in total. The Bertz CT molecular complexity index is 333. The number of unbranched alkanes of at least 4 members (excludes halogenated alkanes) is 1. The first-order valence-electron chi connectivity index (χ1n) is 6.84. The van der Waals surface area contributed by atoms with Gasteiger partial charge in [-0.25, -0.2) is 0 Å². The fraction of sp³-hybridized carbons (Fsp3) is 0.769. The SMILES string of the molecule is CCCCC(=O)OC[C@H](CC)NC(=O)[C@@H](N)CC(=O)O. The van der Waals surface area contributed by atoms with E-state index < -0.39 is 24.3 Å². The molecule has 0 aromatic rings. The molecule has 0 aliphatic carbocycles. The number of carboxylic acid groups (broad SMARTS) is 1. The summed E-state index contributed by atoms with van der Waals surface area (Å²) in [6, 6.07) is -1.45. The van der Waals surface area contributed by atoms with Crippen LogP contribution in [0.3, 0.4) is 0 Å². The maximum atomic E-state index is 11.6. The highest BCUT2D eigenvalue weighted by molar-refractivity contribution is 5.86. The molecule has 0 saturated heterocycles. The molecule has 0 rings (SSSR count). The second-order valence-electron chi connectivity index (χ2n) is 4.60. The second-order valence-corrected chi connectivity index (χ2v) is 4.60. The van der Waals surface area contributed by atoms with Crippen molar-refractivity contribution in [3.8, 4) is 0 Å². The minimum atomic E-state index is -1.13. The summed E-state index contributed by atoms with van der Waals surface area (Å²) in [5.41, 5.74) is 5.44. The molecule has 0 heterocycles. The Balaban J connectivity index is 4.11. The summed E-state index contributed by atoms with van der Waals surface area (Å²) >= 11 is 0. The van der Waals surface area contributed by atoms with Gasteiger partial charge in [0.2, 0.25) is 5.91 Å². The maximum Gasteiger partial charge on any atom is 0.305 e. The lowest BCUT2D eigenvalue weighted by atomic mass is 10.1. The van der Waals surface area contributed by atoms with Crippen LogP contribution in [0.4, 0.5) is 0 Å². The number of amides is 1. The molecule has 4 N–H and O–H groups in total. The second kappa shape index (κ2) is 10.2. The van der Waals surface area contributed by atoms with Crippen molar-refractivity contribution in [2.24, 2.45) is 5.73 Å². The predicted molar refractivity (Wildman–Crippen MR) is 72.9 cm³/mol. The molecule has 20 heavy (non-hydrogen) atoms. The Morgan fingerprint density at radius 2 is 1.95 bits per heavy atom. The van der Waals surface area contributed by atoms with E-state index in [1.54, 1.807) is 0 Å². The van der Waals surface area contributed by atoms with E-state index in [1.165, 1.54) is 0 Å². The van der Waals surface area contributed by atoms with Gasteiger partial charge in [-0.3, -0.25) is 14.4 Å². The van der Waals surface area contributed by atoms with Crippen LogP contribution in [0, 0.1) is 0 Å². The number of hydrogen-bond donors (Lipinski definition) is 3. The Morgan fingerprint density at radius 3 is 2.45 bits per heavy atom. The van der Waals surface area contributed by atoms with Gasteiger partial charge in [-0.05, 0) is 12.8 Å². The smallest absolute Gasteiger partial charge is 0.305 e. The van der Waals surface area contributed by atoms with Crippen LogP contribution in [-0.2, 0) is 19.1 Å². The van der Waals surface area contributed by atoms with Crippen molar-refractivity contribution in [2.75, 3.05) is 6.61 Å². The number of carboxylic acids is 1. The molecule has 0 bridgehead atoms. The highest BCUT2D eigenvalue weighted by atomic mass is 16.5. The fourth-order valence-electron chi connectivity index (χ4n) is 1.44. The van der Waals surface area contributed by atoms with E-state index in [2.05, 4.69) is 5.32 Å². The van der Waals surface area contributed by atoms with Crippen molar-refractivity contribution in [1.29, 1.82) is 0 Å². The molecule has 7 heteroatoms. The van der Waals surface area contributed by atoms with Gasteiger partial charge in [0.25, 0.3) is 0 Å². The van der Waals surface area contributed by atoms with E-state index >= 15 is 0 Å². The van der Waals surface area contributed by atoms with Crippen LogP contribution in [-0.4, -0.2) is 41.6 Å². The lowest BCUT2D eigenvalue weighted by molar-refractivity contribution is -0.145. The Kier molecular flexibility index (Phi) is 9.36. The van der Waals surface area contributed by atoms with Crippen LogP contribution in [0.2, 0.25) is 0 Å². The molecule has 0 fully saturated rings. The van der Waals surface area contributed by atoms with Crippen molar-refractivity contribution < 1.29 is 24.2 Å². The van der Waals surface area contributed by atoms with Gasteiger partial charge < -0.3 is 20.9 Å². The van der Waals surface area contributed by atoms with Crippen molar-refractivity contribution in [3.63, 3.8) is 0 Å². The number of nitrogens with two attached hydrogens (primary N) is 1. The number of aliphatic carboxylic acids is 1. The van der Waals surface area contributed by atoms with Crippen LogP contribution in [0.15, 0.2) is 0 Å². The molecule has 0 radical (unpaired) electrons. The number of hydrogen-bond acceptors (Lipinski definition) is 5. The zero-order valence-electron chi connectivity index (χ0n) is 12.1. The van der Waals surface area contributed by atoms with Gasteiger partial charge in [-0.1, -0.05) is 20.3 Å². The molecule has 116 valence electrons. The number of carbonyl (C=O) groups excluding carboxylic acids is 2. The molecule has 0 saturated carbocycles. The van der Waals surface area contributed by atoms with Crippen LogP contribution in [0.5, 0.6) is 0 Å². The fourth-order valence-corrected chi connectivity index (χ4v) is 1.44. The van der Waals surface area contributed by atoms with Crippen molar-refractivity contribution in [1.82, 2.24) is 5.32 Å². The summed E-state index contributed by atoms with van der Waals surface area (Å²) in [5, 5.41) is 11.1. The molecule has 0 unspecified atom stereocenters. The highest BCUT2D eigenvalue weighted by Crippen LogP contribution is 2.00. The molecule has 0 aliphatic rings. The van der Waals surface area contributed by atoms with Crippen molar-refractivity contribution in [3.05, 3.63) is 0 Å². The van der Waals surface area contributed by atoms with Gasteiger partial charge in [0.1, 0.15) is 6.61 Å². The van der Waals surface area contributed by atoms with Crippen LogP contribution < -0.4 is 11.1 Å². The van der Waals surface area contributed by atoms with E-state index in [4.69, 9.17) is 15.6 Å². The van der Waals surface area contributed by atoms with Gasteiger partial charge >= 0.3 is 11.9 Å². The topological polar surface area (TPSA) is 119 Å². The average Bonchev–Trinajstić information content (AvgIpc) is 2.39. The molecule has 0 aromatic carbocycles. The largest absolute Gasteiger partial charge is 0.481 e. The first-order chi connectivity index (χ1) is 9.40. The number of ether oxygens (including phenoxy) is 1. The molecule has 1 amide bonds. The average molecular weight is 288 g/mol. The summed E-state index contributed by atoms with van der Waals surface area (Å²) in [5.74, 6) is -1.98. The third kappa shape index (κ3) is 8.47. The standard InChI is InChI=1S/C13H24N2O5/c1-3-5-6-12(18)20-8-9(4-2)15-13(19)10(14)7-11(16)17/h9-10H,3-8,14H2,1-2H3,(H,15,19)(H,16,17)/t9-,10-/m0/s1. The van der Waals surface area contributed by atoms with Crippen LogP contribution >= 0.6 is 0 Å². The Hall–Kier alpha value is -1.63. The predicted octanol–water partition coefficient (Wildman–Crippen LogP) is 0.417. The third-order valence-corrected chi connectivity index (χ3v) is 2.75. The Labute approximate surface area is 118 Å². The number of carbonyl (C=O) groups is 3. The molecular formula is C13H24N2O5. The number of esters is 1. The molecular weight excluding hydrogens is 264 g/mol. The van der Waals surface area contributed by atoms with Crippen molar-refractivity contribution >= 4 is 17.8 Å². The summed E-state index contributed by atoms with van der Waals surface area (Å²) in [4.78, 5) is 33.4. The molecule has 0 spiro atoms. The van der Waals surface area contributed by atoms with Crippen LogP contribution in [0.1, 0.15) is 46.0 Å². The first kappa shape index (κ1) is 18.4. The van der Waals surface area contributed by atoms with Crippen LogP contribution in [0.25, 0.3) is 0 Å². The number of nitrogens with one attached hydrogen (secondary N) is 1. The lowest BCUT2D eigenvalue weighted by Gasteiger charge is -2.19. The summed E-state index contributed by atoms with van der Waals surface area (Å²) in [6.45, 7) is 3.88. The molecule has 0 aromatic heterocycles. The maximum absolute atomic E-state index is 11.6. The van der Waals surface area contributed by atoms with E-state index in [0.717, 1.165) is 12.8 Å². The minimum Gasteiger partial charge on any atom is -0.481 e. The highest BCUT2D eigenvalue weighted by Gasteiger charge is 2.20. The van der Waals surface area contributed by atoms with E-state index in [0.29, 0.717) is 12.8 Å². The van der Waals surface area contributed by atoms with E-state index in [-0.39, 0.29) is 18.6 Å². The minimum absolute atomic E-state index is 0.0740. The molecule has 0 aliphatic heterocycles. The normalized spacial score (nSPS) is 13.3. The van der Waals surface area contributed by atoms with Gasteiger partial charge in [-0.2, -0.15) is 0 Å². The van der Waals surface area contributed by atoms with E-state index in [9.17, 15) is 14.4 Å². The Morgan fingerprint density at radius 1 is 1.30 bits per heavy atom. The zero-order valence-corrected chi connectivity index (χ0v) is 12.1. The van der Waals surface area contributed by atoms with E-state index in [1.807, 2.05) is 13.8 Å². The van der Waals surface area contributed by atoms with Gasteiger partial charge in [0.05, 0.1) is 18.5 Å². The lowest BCUT2D eigenvalue weighted by Crippen LogP contribution is -2.47. The summed E-state index contributed by atoms with van der Waals surface area (Å²) in [7, 11) is 0. The summed E-state index contributed by atoms with van der Waals surface area (Å²) in [6.07, 6.45) is 2.17. The molecule has 2 atom stereocenters. The monoisotopic (exact) mass is 288 g/mol. The zero-order chi connectivity index (χ0) is 15.5. The third-order valence-electron chi connectivity index (χ3n) is 2.75. The van der Waals surface area contributed by atoms with Gasteiger partial charge in [0.15, 0.2) is 0 Å². The number of rotatable bonds is 10. The van der Waals surface area contributed by atoms with Gasteiger partial charge in [-0.15, -0.1) is 0 Å². The first-order valence-corrected chi connectivity index (χ1v) is 6.84. The van der Waals surface area contributed by atoms with Gasteiger partial charge in [0, 0.05) is 6.42 Å². The van der Waals surface area contributed by atoms with Crippen molar-refractivity contribution in [2.45, 2.75) is 58.0 Å². The quantitative estimate of drug-likeness (QED) is 0.501.